The number of carbonyl (C=O) groups excluding carboxylic acids is 1. The van der Waals surface area contributed by atoms with Gasteiger partial charge in [-0.1, -0.05) is 50.1 Å². The van der Waals surface area contributed by atoms with Gasteiger partial charge in [-0.05, 0) is 73.8 Å². The predicted molar refractivity (Wildman–Crippen MR) is 119 cm³/mol. The van der Waals surface area contributed by atoms with Crippen LogP contribution in [0.4, 0.5) is 8.78 Å². The van der Waals surface area contributed by atoms with Gasteiger partial charge in [0.05, 0.1) is 6.61 Å². The van der Waals surface area contributed by atoms with Crippen molar-refractivity contribution < 1.29 is 23.0 Å². The quantitative estimate of drug-likeness (QED) is 0.402. The molecule has 31 heavy (non-hydrogen) atoms. The van der Waals surface area contributed by atoms with E-state index < -0.39 is 12.1 Å². The second-order valence-corrected chi connectivity index (χ2v) is 8.22. The number of esters is 1. The number of benzene rings is 2. The van der Waals surface area contributed by atoms with E-state index in [2.05, 4.69) is 12.1 Å². The van der Waals surface area contributed by atoms with Gasteiger partial charge in [0, 0.05) is 0 Å². The monoisotopic (exact) mass is 430 g/mol. The van der Waals surface area contributed by atoms with Crippen LogP contribution in [0.5, 0.6) is 5.75 Å². The molecule has 1 saturated carbocycles. The highest BCUT2D eigenvalue weighted by Gasteiger charge is 2.27. The van der Waals surface area contributed by atoms with Crippen molar-refractivity contribution in [2.75, 3.05) is 6.61 Å². The predicted octanol–water partition coefficient (Wildman–Crippen LogP) is 6.99. The summed E-state index contributed by atoms with van der Waals surface area (Å²) in [4.78, 5) is 11.9. The Bertz CT molecular complexity index is 842. The fourth-order valence-electron chi connectivity index (χ4n) is 4.15. The Hall–Kier alpha value is -2.43. The van der Waals surface area contributed by atoms with Gasteiger partial charge in [-0.3, -0.25) is 0 Å². The minimum Gasteiger partial charge on any atom is -0.491 e. The Labute approximate surface area is 183 Å². The van der Waals surface area contributed by atoms with Crippen LogP contribution in [-0.4, -0.2) is 24.9 Å². The van der Waals surface area contributed by atoms with Gasteiger partial charge in [-0.2, -0.15) is 0 Å². The van der Waals surface area contributed by atoms with Gasteiger partial charge in [0.1, 0.15) is 6.10 Å². The first-order valence-corrected chi connectivity index (χ1v) is 11.4. The van der Waals surface area contributed by atoms with Gasteiger partial charge in [0.2, 0.25) is 0 Å². The molecule has 2 aromatic carbocycles. The minimum absolute atomic E-state index is 0.185. The minimum atomic E-state index is -1.50. The number of hydrogen-bond acceptors (Lipinski definition) is 3. The van der Waals surface area contributed by atoms with Gasteiger partial charge in [0.25, 0.3) is 0 Å². The van der Waals surface area contributed by atoms with E-state index in [1.54, 1.807) is 6.07 Å². The fraction of sp³-hybridized carbons (Fsp3) is 0.500. The molecule has 0 aromatic heterocycles. The van der Waals surface area contributed by atoms with Crippen LogP contribution in [0.2, 0.25) is 0 Å². The third kappa shape index (κ3) is 6.28. The highest BCUT2D eigenvalue weighted by Crippen LogP contribution is 2.35. The van der Waals surface area contributed by atoms with Crippen LogP contribution < -0.4 is 4.74 Å². The maximum atomic E-state index is 14.1. The molecule has 168 valence electrons. The summed E-state index contributed by atoms with van der Waals surface area (Å²) in [5.74, 6) is -0.405. The number of carbonyl (C=O) groups is 1. The van der Waals surface area contributed by atoms with E-state index in [0.717, 1.165) is 43.2 Å². The van der Waals surface area contributed by atoms with Crippen molar-refractivity contribution in [3.63, 3.8) is 0 Å². The lowest BCUT2D eigenvalue weighted by Gasteiger charge is -2.29. The number of alkyl halides is 1. The van der Waals surface area contributed by atoms with E-state index in [0.29, 0.717) is 18.9 Å². The first-order valence-electron chi connectivity index (χ1n) is 11.4. The summed E-state index contributed by atoms with van der Waals surface area (Å²) in [6.45, 7) is 4.23. The lowest BCUT2D eigenvalue weighted by atomic mass is 9.82. The molecule has 0 bridgehead atoms. The molecular weight excluding hydrogens is 398 g/mol. The molecule has 0 N–H and O–H groups in total. The summed E-state index contributed by atoms with van der Waals surface area (Å²) >= 11 is 0. The van der Waals surface area contributed by atoms with Crippen molar-refractivity contribution >= 4 is 5.97 Å². The van der Waals surface area contributed by atoms with E-state index in [-0.39, 0.29) is 24.1 Å². The molecule has 0 amide bonds. The van der Waals surface area contributed by atoms with Crippen molar-refractivity contribution in [2.45, 2.75) is 77.0 Å². The van der Waals surface area contributed by atoms with Crippen molar-refractivity contribution in [3.05, 3.63) is 53.8 Å². The van der Waals surface area contributed by atoms with E-state index in [9.17, 15) is 13.6 Å². The van der Waals surface area contributed by atoms with Crippen molar-refractivity contribution in [3.8, 4) is 16.9 Å². The Morgan fingerprint density at radius 1 is 1.03 bits per heavy atom. The molecule has 2 aromatic rings. The summed E-state index contributed by atoms with van der Waals surface area (Å²) in [6, 6.07) is 13.2. The fourth-order valence-corrected chi connectivity index (χ4v) is 4.15. The van der Waals surface area contributed by atoms with Crippen molar-refractivity contribution in [2.24, 2.45) is 0 Å². The van der Waals surface area contributed by atoms with Crippen LogP contribution in [-0.2, 0) is 9.53 Å². The molecule has 0 radical (unpaired) electrons. The summed E-state index contributed by atoms with van der Waals surface area (Å²) < 4.78 is 38.6. The van der Waals surface area contributed by atoms with Crippen LogP contribution in [0.1, 0.15) is 70.3 Å². The molecule has 3 rings (SSSR count). The number of unbranched alkanes of at least 4 members (excludes halogenated alkanes) is 1. The van der Waals surface area contributed by atoms with E-state index in [4.69, 9.17) is 9.47 Å². The Kier molecular flexibility index (Phi) is 8.44. The SMILES string of the molecule is CCCC[C@H](F)C(=O)O[C@H]1CC[C@H](c2ccc(-c3ccc(OCC)c(F)c3)cc2)CC1. The molecule has 0 aliphatic heterocycles. The molecule has 1 atom stereocenters. The van der Waals surface area contributed by atoms with Gasteiger partial charge >= 0.3 is 5.97 Å². The highest BCUT2D eigenvalue weighted by molar-refractivity contribution is 5.74. The molecule has 0 unspecified atom stereocenters. The standard InChI is InChI=1S/C26H32F2O3/c1-3-5-6-23(27)26(29)31-22-14-11-19(12-15-22)18-7-9-20(10-8-18)21-13-16-25(30-4-2)24(28)17-21/h7-10,13,16-17,19,22-23H,3-6,11-12,14-15H2,1-2H3/t19-,22-,23-/m0/s1. The third-order valence-corrected chi connectivity index (χ3v) is 5.97. The Morgan fingerprint density at radius 2 is 1.71 bits per heavy atom. The molecule has 1 aliphatic rings. The molecule has 0 heterocycles. The maximum Gasteiger partial charge on any atom is 0.340 e. The highest BCUT2D eigenvalue weighted by atomic mass is 19.1. The largest absolute Gasteiger partial charge is 0.491 e. The maximum absolute atomic E-state index is 14.1. The second-order valence-electron chi connectivity index (χ2n) is 8.22. The van der Waals surface area contributed by atoms with E-state index in [1.807, 2.05) is 32.0 Å². The number of rotatable bonds is 9. The van der Waals surface area contributed by atoms with E-state index in [1.165, 1.54) is 11.6 Å². The van der Waals surface area contributed by atoms with Crippen LogP contribution >= 0.6 is 0 Å². The average Bonchev–Trinajstić information content (AvgIpc) is 2.79. The van der Waals surface area contributed by atoms with Gasteiger partial charge < -0.3 is 9.47 Å². The summed E-state index contributed by atoms with van der Waals surface area (Å²) in [5.41, 5.74) is 2.99. The third-order valence-electron chi connectivity index (χ3n) is 5.97. The topological polar surface area (TPSA) is 35.5 Å². The lowest BCUT2D eigenvalue weighted by molar-refractivity contribution is -0.157. The lowest BCUT2D eigenvalue weighted by Crippen LogP contribution is -2.28. The first-order chi connectivity index (χ1) is 15.0. The normalized spacial score (nSPS) is 19.6. The second kappa shape index (κ2) is 11.3. The average molecular weight is 431 g/mol. The van der Waals surface area contributed by atoms with Gasteiger partial charge in [0.15, 0.2) is 17.7 Å². The molecule has 3 nitrogen and oxygen atoms in total. The molecular formula is C26H32F2O3. The zero-order chi connectivity index (χ0) is 22.2. The molecule has 1 fully saturated rings. The Morgan fingerprint density at radius 3 is 2.32 bits per heavy atom. The summed E-state index contributed by atoms with van der Waals surface area (Å²) in [6.07, 6.45) is 3.43. The Balaban J connectivity index is 1.53. The number of ether oxygens (including phenoxy) is 2. The van der Waals surface area contributed by atoms with Crippen molar-refractivity contribution in [1.82, 2.24) is 0 Å². The number of hydrogen-bond donors (Lipinski definition) is 0. The van der Waals surface area contributed by atoms with Gasteiger partial charge in [-0.15, -0.1) is 0 Å². The van der Waals surface area contributed by atoms with Crippen LogP contribution in [0.3, 0.4) is 0 Å². The molecule has 0 saturated heterocycles. The smallest absolute Gasteiger partial charge is 0.340 e. The van der Waals surface area contributed by atoms with Gasteiger partial charge in [-0.25, -0.2) is 13.6 Å². The van der Waals surface area contributed by atoms with Crippen LogP contribution in [0.15, 0.2) is 42.5 Å². The zero-order valence-electron chi connectivity index (χ0n) is 18.4. The molecule has 0 spiro atoms. The zero-order valence-corrected chi connectivity index (χ0v) is 18.4. The molecule has 1 aliphatic carbocycles. The summed E-state index contributed by atoms with van der Waals surface area (Å²) in [7, 11) is 0. The van der Waals surface area contributed by atoms with Crippen molar-refractivity contribution in [1.29, 1.82) is 0 Å². The molecule has 5 heteroatoms. The van der Waals surface area contributed by atoms with Crippen LogP contribution in [0.25, 0.3) is 11.1 Å². The first kappa shape index (κ1) is 23.2. The van der Waals surface area contributed by atoms with E-state index >= 15 is 0 Å². The number of halogens is 2. The summed E-state index contributed by atoms with van der Waals surface area (Å²) in [5, 5.41) is 0. The van der Waals surface area contributed by atoms with Crippen LogP contribution in [0, 0.1) is 5.82 Å².